The lowest BCUT2D eigenvalue weighted by Gasteiger charge is -2.34. The van der Waals surface area contributed by atoms with Crippen LogP contribution in [0, 0.1) is 5.92 Å². The number of aromatic amines is 1. The third-order valence-electron chi connectivity index (χ3n) is 5.27. The minimum Gasteiger partial charge on any atom is -0.330 e. The second kappa shape index (κ2) is 4.89. The molecule has 2 aliphatic rings. The second-order valence-corrected chi connectivity index (χ2v) is 6.90. The fourth-order valence-corrected chi connectivity index (χ4v) is 3.62. The van der Waals surface area contributed by atoms with E-state index in [1.54, 1.807) is 0 Å². The Balaban J connectivity index is 1.59. The number of H-pyrrole nitrogens is 1. The summed E-state index contributed by atoms with van der Waals surface area (Å²) in [7, 11) is 0. The average molecular weight is 308 g/mol. The number of nitrogens with two attached hydrogens (primary N) is 1. The van der Waals surface area contributed by atoms with Crippen LogP contribution >= 0.6 is 0 Å². The molecule has 23 heavy (non-hydrogen) atoms. The number of aromatic nitrogens is 5. The Hall–Kier alpha value is -2.21. The third kappa shape index (κ3) is 2.09. The normalized spacial score (nSPS) is 24.0. The molecule has 0 saturated heterocycles. The van der Waals surface area contributed by atoms with E-state index in [-0.39, 0.29) is 0 Å². The van der Waals surface area contributed by atoms with Gasteiger partial charge in [-0.3, -0.25) is 14.8 Å². The van der Waals surface area contributed by atoms with Crippen LogP contribution in [0.2, 0.25) is 0 Å². The van der Waals surface area contributed by atoms with Crippen LogP contribution in [0.4, 0.5) is 0 Å². The molecule has 6 heteroatoms. The molecule has 3 aromatic heterocycles. The van der Waals surface area contributed by atoms with Gasteiger partial charge in [0, 0.05) is 29.3 Å². The molecule has 0 amide bonds. The van der Waals surface area contributed by atoms with E-state index in [1.165, 1.54) is 24.1 Å². The van der Waals surface area contributed by atoms with Crippen molar-refractivity contribution < 1.29 is 0 Å². The number of nitrogens with zero attached hydrogens (tertiary/aromatic N) is 4. The zero-order valence-electron chi connectivity index (χ0n) is 12.9. The van der Waals surface area contributed by atoms with E-state index in [4.69, 9.17) is 10.8 Å². The van der Waals surface area contributed by atoms with Gasteiger partial charge < -0.3 is 5.73 Å². The van der Waals surface area contributed by atoms with Crippen LogP contribution in [0.25, 0.3) is 22.2 Å². The summed E-state index contributed by atoms with van der Waals surface area (Å²) in [4.78, 5) is 4.63. The van der Waals surface area contributed by atoms with Gasteiger partial charge in [-0.15, -0.1) is 0 Å². The van der Waals surface area contributed by atoms with Crippen molar-refractivity contribution in [3.8, 4) is 11.3 Å². The molecule has 3 heterocycles. The molecule has 3 aromatic rings. The zero-order valence-corrected chi connectivity index (χ0v) is 12.9. The molecule has 2 fully saturated rings. The lowest BCUT2D eigenvalue weighted by molar-refractivity contribution is 0.189. The minimum absolute atomic E-state index is 0.498. The lowest BCUT2D eigenvalue weighted by atomic mass is 9.80. The van der Waals surface area contributed by atoms with E-state index in [0.717, 1.165) is 36.0 Å². The molecule has 0 spiro atoms. The third-order valence-corrected chi connectivity index (χ3v) is 5.27. The van der Waals surface area contributed by atoms with Crippen molar-refractivity contribution in [1.82, 2.24) is 25.0 Å². The fraction of sp³-hybridized carbons (Fsp3) is 0.471. The van der Waals surface area contributed by atoms with Crippen molar-refractivity contribution in [2.45, 2.75) is 37.6 Å². The highest BCUT2D eigenvalue weighted by Gasteiger charge is 2.34. The van der Waals surface area contributed by atoms with Gasteiger partial charge in [0.15, 0.2) is 0 Å². The van der Waals surface area contributed by atoms with Crippen molar-refractivity contribution in [1.29, 1.82) is 0 Å². The minimum atomic E-state index is 0.498. The topological polar surface area (TPSA) is 85.4 Å². The van der Waals surface area contributed by atoms with Gasteiger partial charge in [-0.25, -0.2) is 0 Å². The van der Waals surface area contributed by atoms with Crippen LogP contribution < -0.4 is 5.73 Å². The van der Waals surface area contributed by atoms with E-state index in [2.05, 4.69) is 26.1 Å². The lowest BCUT2D eigenvalue weighted by Crippen LogP contribution is -2.32. The number of rotatable bonds is 4. The molecule has 2 saturated carbocycles. The van der Waals surface area contributed by atoms with Crippen LogP contribution in [0.3, 0.4) is 0 Å². The molecule has 0 atom stereocenters. The highest BCUT2D eigenvalue weighted by atomic mass is 15.3. The van der Waals surface area contributed by atoms with Gasteiger partial charge >= 0.3 is 0 Å². The quantitative estimate of drug-likeness (QED) is 0.776. The van der Waals surface area contributed by atoms with E-state index in [9.17, 15) is 0 Å². The Morgan fingerprint density at radius 1 is 1.30 bits per heavy atom. The highest BCUT2D eigenvalue weighted by molar-refractivity contribution is 5.92. The summed E-state index contributed by atoms with van der Waals surface area (Å²) in [5.74, 6) is 1.26. The first-order chi connectivity index (χ1) is 11.3. The smallest absolute Gasteiger partial charge is 0.0846 e. The maximum atomic E-state index is 5.76. The number of nitrogens with one attached hydrogen (secondary N) is 1. The summed E-state index contributed by atoms with van der Waals surface area (Å²) >= 11 is 0. The largest absolute Gasteiger partial charge is 0.330 e. The summed E-state index contributed by atoms with van der Waals surface area (Å²) in [5, 5.41) is 13.2. The van der Waals surface area contributed by atoms with Crippen molar-refractivity contribution in [2.24, 2.45) is 11.7 Å². The van der Waals surface area contributed by atoms with E-state index >= 15 is 0 Å². The molecular formula is C17H20N6. The number of hydrogen-bond acceptors (Lipinski definition) is 4. The van der Waals surface area contributed by atoms with Gasteiger partial charge in [-0.2, -0.15) is 10.2 Å². The van der Waals surface area contributed by atoms with Gasteiger partial charge in [0.05, 0.1) is 29.1 Å². The monoisotopic (exact) mass is 308 g/mol. The maximum absolute atomic E-state index is 5.76. The molecule has 0 bridgehead atoms. The summed E-state index contributed by atoms with van der Waals surface area (Å²) in [6.07, 6.45) is 10.7. The molecule has 0 aliphatic heterocycles. The van der Waals surface area contributed by atoms with Gasteiger partial charge in [0.25, 0.3) is 0 Å². The van der Waals surface area contributed by atoms with Crippen LogP contribution in [0.1, 0.15) is 43.3 Å². The molecule has 3 N–H and O–H groups in total. The first-order valence-electron chi connectivity index (χ1n) is 8.41. The van der Waals surface area contributed by atoms with Crippen LogP contribution in [-0.2, 0) is 0 Å². The maximum Gasteiger partial charge on any atom is 0.0846 e. The van der Waals surface area contributed by atoms with Crippen molar-refractivity contribution in [3.05, 3.63) is 30.4 Å². The van der Waals surface area contributed by atoms with Gasteiger partial charge in [-0.05, 0) is 44.2 Å². The van der Waals surface area contributed by atoms with Crippen LogP contribution in [0.5, 0.6) is 0 Å². The van der Waals surface area contributed by atoms with Crippen LogP contribution in [0.15, 0.2) is 24.7 Å². The van der Waals surface area contributed by atoms with Gasteiger partial charge in [0.1, 0.15) is 0 Å². The second-order valence-electron chi connectivity index (χ2n) is 6.90. The highest BCUT2D eigenvalue weighted by Crippen LogP contribution is 2.46. The number of hydrogen-bond donors (Lipinski definition) is 2. The Morgan fingerprint density at radius 2 is 2.17 bits per heavy atom. The summed E-state index contributed by atoms with van der Waals surface area (Å²) in [6, 6.07) is 2.46. The van der Waals surface area contributed by atoms with E-state index in [1.807, 2.05) is 18.5 Å². The number of pyridine rings is 1. The predicted molar refractivity (Wildman–Crippen MR) is 87.9 cm³/mol. The first kappa shape index (κ1) is 13.2. The van der Waals surface area contributed by atoms with E-state index < -0.39 is 0 Å². The van der Waals surface area contributed by atoms with E-state index in [0.29, 0.717) is 17.9 Å². The van der Waals surface area contributed by atoms with Crippen molar-refractivity contribution in [3.63, 3.8) is 0 Å². The average Bonchev–Trinajstić information content (AvgIpc) is 3.09. The molecule has 0 unspecified atom stereocenters. The molecule has 2 aliphatic carbocycles. The van der Waals surface area contributed by atoms with Gasteiger partial charge in [0.2, 0.25) is 0 Å². The number of fused-ring (bicyclic) bond motifs is 1. The SMILES string of the molecule is NCC1CC(n2cc(-c3nccc4[nH]ncc34)c(C3CC3)n2)C1. The van der Waals surface area contributed by atoms with Crippen molar-refractivity contribution >= 4 is 10.9 Å². The van der Waals surface area contributed by atoms with Crippen LogP contribution in [-0.4, -0.2) is 31.5 Å². The molecule has 0 aromatic carbocycles. The predicted octanol–water partition coefficient (Wildman–Crippen LogP) is 2.61. The molecular weight excluding hydrogens is 288 g/mol. The molecule has 0 radical (unpaired) electrons. The summed E-state index contributed by atoms with van der Waals surface area (Å²) in [5.41, 5.74) is 10.2. The Kier molecular flexibility index (Phi) is 2.82. The standard InChI is InChI=1S/C17H20N6/c18-7-10-5-12(6-10)23-9-14(16(22-23)11-1-2-11)17-13-8-20-21-15(13)3-4-19-17/h3-4,8-12H,1-2,5-7,18H2,(H,20,21). The Bertz CT molecular complexity index is 853. The first-order valence-corrected chi connectivity index (χ1v) is 8.41. The van der Waals surface area contributed by atoms with Crippen molar-refractivity contribution in [2.75, 3.05) is 6.54 Å². The molecule has 6 nitrogen and oxygen atoms in total. The Morgan fingerprint density at radius 3 is 2.96 bits per heavy atom. The molecule has 5 rings (SSSR count). The fourth-order valence-electron chi connectivity index (χ4n) is 3.62. The summed E-state index contributed by atoms with van der Waals surface area (Å²) in [6.45, 7) is 0.788. The Labute approximate surface area is 134 Å². The van der Waals surface area contributed by atoms with Gasteiger partial charge in [-0.1, -0.05) is 0 Å². The zero-order chi connectivity index (χ0) is 15.4. The summed E-state index contributed by atoms with van der Waals surface area (Å²) < 4.78 is 2.16. The molecule has 118 valence electrons.